The minimum absolute atomic E-state index is 0.257. The topological polar surface area (TPSA) is 40.5 Å². The van der Waals surface area contributed by atoms with Gasteiger partial charge in [-0.15, -0.1) is 0 Å². The molecule has 4 aromatic carbocycles. The molecule has 0 aromatic heterocycles. The maximum absolute atomic E-state index is 13.3. The van der Waals surface area contributed by atoms with Crippen LogP contribution >= 0.6 is 0 Å². The van der Waals surface area contributed by atoms with E-state index < -0.39 is 7.12 Å². The zero-order valence-electron chi connectivity index (χ0n) is 13.9. The first kappa shape index (κ1) is 16.5. The quantitative estimate of drug-likeness (QED) is 0.553. The Morgan fingerprint density at radius 2 is 1.12 bits per heavy atom. The molecule has 0 amide bonds. The summed E-state index contributed by atoms with van der Waals surface area (Å²) < 4.78 is 13.3. The van der Waals surface area contributed by atoms with Crippen molar-refractivity contribution in [3.05, 3.63) is 90.7 Å². The van der Waals surface area contributed by atoms with Crippen molar-refractivity contribution in [2.24, 2.45) is 0 Å². The lowest BCUT2D eigenvalue weighted by Gasteiger charge is -2.13. The van der Waals surface area contributed by atoms with Gasteiger partial charge in [-0.05, 0) is 50.6 Å². The average Bonchev–Trinajstić information content (AvgIpc) is 2.68. The molecule has 0 bridgehead atoms. The van der Waals surface area contributed by atoms with Crippen LogP contribution in [-0.2, 0) is 0 Å². The molecule has 126 valence electrons. The van der Waals surface area contributed by atoms with Crippen LogP contribution in [0.15, 0.2) is 84.9 Å². The molecule has 0 fully saturated rings. The highest BCUT2D eigenvalue weighted by molar-refractivity contribution is 6.58. The summed E-state index contributed by atoms with van der Waals surface area (Å²) in [6, 6.07) is 25.9. The van der Waals surface area contributed by atoms with E-state index in [0.717, 1.165) is 33.0 Å². The smallest absolute Gasteiger partial charge is 0.423 e. The largest absolute Gasteiger partial charge is 0.488 e. The van der Waals surface area contributed by atoms with Gasteiger partial charge in [0.05, 0.1) is 0 Å². The third kappa shape index (κ3) is 3.01. The van der Waals surface area contributed by atoms with Crippen LogP contribution in [0.25, 0.3) is 33.0 Å². The third-order valence-corrected chi connectivity index (χ3v) is 4.58. The predicted octanol–water partition coefficient (Wildman–Crippen LogP) is 3.99. The fourth-order valence-corrected chi connectivity index (χ4v) is 3.29. The maximum atomic E-state index is 13.3. The Labute approximate surface area is 151 Å². The molecule has 0 radical (unpaired) electrons. The Hall–Kier alpha value is -2.95. The van der Waals surface area contributed by atoms with E-state index >= 15 is 0 Å². The molecule has 4 aromatic rings. The third-order valence-electron chi connectivity index (χ3n) is 4.58. The molecule has 0 unspecified atom stereocenters. The molecule has 0 aliphatic rings. The molecular formula is C22H16BFO2. The fourth-order valence-electron chi connectivity index (χ4n) is 3.29. The Kier molecular flexibility index (Phi) is 4.29. The summed E-state index contributed by atoms with van der Waals surface area (Å²) in [4.78, 5) is 0. The van der Waals surface area contributed by atoms with E-state index in [9.17, 15) is 14.4 Å². The van der Waals surface area contributed by atoms with Crippen molar-refractivity contribution >= 4 is 23.4 Å². The number of halogens is 1. The van der Waals surface area contributed by atoms with Gasteiger partial charge in [-0.3, -0.25) is 0 Å². The second-order valence-electron chi connectivity index (χ2n) is 6.21. The van der Waals surface area contributed by atoms with E-state index in [1.807, 2.05) is 36.4 Å². The van der Waals surface area contributed by atoms with Gasteiger partial charge < -0.3 is 10.0 Å². The number of hydrogen-bond donors (Lipinski definition) is 2. The van der Waals surface area contributed by atoms with E-state index in [-0.39, 0.29) is 5.82 Å². The van der Waals surface area contributed by atoms with Gasteiger partial charge in [-0.25, -0.2) is 4.39 Å². The summed E-state index contributed by atoms with van der Waals surface area (Å²) in [7, 11) is -1.48. The van der Waals surface area contributed by atoms with Gasteiger partial charge in [0.2, 0.25) is 0 Å². The van der Waals surface area contributed by atoms with Crippen LogP contribution in [0.3, 0.4) is 0 Å². The van der Waals surface area contributed by atoms with Crippen molar-refractivity contribution in [3.8, 4) is 22.3 Å². The van der Waals surface area contributed by atoms with Crippen molar-refractivity contribution in [2.75, 3.05) is 0 Å². The molecule has 26 heavy (non-hydrogen) atoms. The van der Waals surface area contributed by atoms with Gasteiger partial charge >= 0.3 is 7.12 Å². The Bertz CT molecular complexity index is 1050. The molecule has 2 nitrogen and oxygen atoms in total. The van der Waals surface area contributed by atoms with Gasteiger partial charge in [0, 0.05) is 0 Å². The highest BCUT2D eigenvalue weighted by Crippen LogP contribution is 2.36. The monoisotopic (exact) mass is 342 g/mol. The van der Waals surface area contributed by atoms with E-state index in [2.05, 4.69) is 12.1 Å². The molecule has 0 spiro atoms. The summed E-state index contributed by atoms with van der Waals surface area (Å²) in [6.07, 6.45) is 0. The summed E-state index contributed by atoms with van der Waals surface area (Å²) in [5, 5.41) is 20.8. The number of fused-ring (bicyclic) bond motifs is 1. The van der Waals surface area contributed by atoms with Crippen LogP contribution in [0, 0.1) is 5.82 Å². The van der Waals surface area contributed by atoms with Crippen LogP contribution in [0.1, 0.15) is 0 Å². The van der Waals surface area contributed by atoms with E-state index in [1.54, 1.807) is 24.3 Å². The van der Waals surface area contributed by atoms with E-state index in [0.29, 0.717) is 5.46 Å². The van der Waals surface area contributed by atoms with Crippen molar-refractivity contribution in [1.29, 1.82) is 0 Å². The zero-order valence-corrected chi connectivity index (χ0v) is 13.9. The van der Waals surface area contributed by atoms with Gasteiger partial charge in [0.1, 0.15) is 5.82 Å². The normalized spacial score (nSPS) is 10.9. The van der Waals surface area contributed by atoms with Crippen LogP contribution in [0.4, 0.5) is 4.39 Å². The fraction of sp³-hybridized carbons (Fsp3) is 0. The van der Waals surface area contributed by atoms with Crippen LogP contribution in [-0.4, -0.2) is 17.2 Å². The summed E-state index contributed by atoms with van der Waals surface area (Å²) in [6.45, 7) is 0. The lowest BCUT2D eigenvalue weighted by Crippen LogP contribution is -2.29. The van der Waals surface area contributed by atoms with E-state index in [1.165, 1.54) is 12.1 Å². The van der Waals surface area contributed by atoms with Crippen molar-refractivity contribution in [2.45, 2.75) is 0 Å². The maximum Gasteiger partial charge on any atom is 0.488 e. The average molecular weight is 342 g/mol. The second-order valence-corrected chi connectivity index (χ2v) is 6.21. The first-order valence-electron chi connectivity index (χ1n) is 8.37. The van der Waals surface area contributed by atoms with Gasteiger partial charge in [0.15, 0.2) is 0 Å². The minimum Gasteiger partial charge on any atom is -0.423 e. The second kappa shape index (κ2) is 6.75. The van der Waals surface area contributed by atoms with E-state index in [4.69, 9.17) is 0 Å². The van der Waals surface area contributed by atoms with Crippen LogP contribution in [0.2, 0.25) is 0 Å². The summed E-state index contributed by atoms with van der Waals surface area (Å²) in [5.41, 5.74) is 4.46. The SMILES string of the molecule is OB(O)c1ccc(-c2cccc3cccc(-c4ccc(F)cc4)c23)cc1. The van der Waals surface area contributed by atoms with Crippen molar-refractivity contribution in [3.63, 3.8) is 0 Å². The van der Waals surface area contributed by atoms with Crippen molar-refractivity contribution in [1.82, 2.24) is 0 Å². The number of hydrogen-bond acceptors (Lipinski definition) is 2. The van der Waals surface area contributed by atoms with Gasteiger partial charge in [-0.2, -0.15) is 0 Å². The Balaban J connectivity index is 1.94. The summed E-state index contributed by atoms with van der Waals surface area (Å²) in [5.74, 6) is -0.257. The van der Waals surface area contributed by atoms with Crippen LogP contribution in [0.5, 0.6) is 0 Å². The standard InChI is InChI=1S/C22H16BFO2/c24-19-13-9-16(10-14-19)21-6-2-4-17-3-1-5-20(22(17)21)15-7-11-18(12-8-15)23(25)26/h1-14,25-26H. The lowest BCUT2D eigenvalue weighted by molar-refractivity contribution is 0.426. The highest BCUT2D eigenvalue weighted by Gasteiger charge is 2.13. The Morgan fingerprint density at radius 3 is 1.62 bits per heavy atom. The van der Waals surface area contributed by atoms with Crippen LogP contribution < -0.4 is 5.46 Å². The molecule has 0 aliphatic carbocycles. The minimum atomic E-state index is -1.48. The Morgan fingerprint density at radius 1 is 0.615 bits per heavy atom. The molecular weight excluding hydrogens is 326 g/mol. The van der Waals surface area contributed by atoms with Crippen molar-refractivity contribution < 1.29 is 14.4 Å². The number of benzene rings is 4. The molecule has 2 N–H and O–H groups in total. The summed E-state index contributed by atoms with van der Waals surface area (Å²) >= 11 is 0. The molecule has 0 heterocycles. The molecule has 0 aliphatic heterocycles. The molecule has 4 rings (SSSR count). The molecule has 0 atom stereocenters. The van der Waals surface area contributed by atoms with Gasteiger partial charge in [0.25, 0.3) is 0 Å². The molecule has 4 heteroatoms. The first-order valence-corrected chi connectivity index (χ1v) is 8.37. The zero-order chi connectivity index (χ0) is 18.1. The van der Waals surface area contributed by atoms with Gasteiger partial charge in [-0.1, -0.05) is 72.8 Å². The molecule has 0 saturated carbocycles. The predicted molar refractivity (Wildman–Crippen MR) is 105 cm³/mol. The number of rotatable bonds is 3. The highest BCUT2D eigenvalue weighted by atomic mass is 19.1. The lowest BCUT2D eigenvalue weighted by atomic mass is 9.79. The molecule has 0 saturated heterocycles. The first-order chi connectivity index (χ1) is 12.6.